The lowest BCUT2D eigenvalue weighted by molar-refractivity contribution is -0.301. The van der Waals surface area contributed by atoms with Crippen molar-refractivity contribution in [2.75, 3.05) is 5.75 Å². The molecule has 124 valence electrons. The van der Waals surface area contributed by atoms with Gasteiger partial charge in [-0.05, 0) is 5.56 Å². The molecular formula is C14H14NO7S-. The normalized spacial score (nSPS) is 11.3. The number of aliphatic carboxylic acids is 2. The lowest BCUT2D eigenvalue weighted by Crippen LogP contribution is -2.42. The number of benzene rings is 1. The number of hydrogen-bond acceptors (Lipinski definition) is 7. The number of carbonyl (C=O) groups excluding carboxylic acids is 3. The van der Waals surface area contributed by atoms with E-state index in [1.165, 1.54) is 0 Å². The van der Waals surface area contributed by atoms with Crippen LogP contribution in [0.1, 0.15) is 12.0 Å². The highest BCUT2D eigenvalue weighted by atomic mass is 32.2. The van der Waals surface area contributed by atoms with Crippen LogP contribution in [0.3, 0.4) is 0 Å². The van der Waals surface area contributed by atoms with Crippen molar-refractivity contribution in [2.24, 2.45) is 0 Å². The first-order valence-electron chi connectivity index (χ1n) is 6.44. The summed E-state index contributed by atoms with van der Waals surface area (Å²) in [6.45, 7) is -0.0492. The smallest absolute Gasteiger partial charge is 0.408 e. The fraction of sp³-hybridized carbons (Fsp3) is 0.286. The zero-order valence-corrected chi connectivity index (χ0v) is 12.7. The van der Waals surface area contributed by atoms with Crippen molar-refractivity contribution in [3.63, 3.8) is 0 Å². The van der Waals surface area contributed by atoms with Gasteiger partial charge in [-0.3, -0.25) is 4.79 Å². The molecule has 2 N–H and O–H groups in total. The average molecular weight is 340 g/mol. The third-order valence-electron chi connectivity index (χ3n) is 2.52. The molecule has 0 aliphatic heterocycles. The summed E-state index contributed by atoms with van der Waals surface area (Å²) in [5.41, 5.74) is 0.718. The van der Waals surface area contributed by atoms with Gasteiger partial charge in [0.15, 0.2) is 5.12 Å². The molecule has 1 amide bonds. The quantitative estimate of drug-likeness (QED) is 0.663. The van der Waals surface area contributed by atoms with Crippen LogP contribution in [0, 0.1) is 0 Å². The molecule has 0 heterocycles. The molecule has 0 aliphatic rings. The minimum Gasteiger partial charge on any atom is -0.549 e. The fourth-order valence-electron chi connectivity index (χ4n) is 1.47. The van der Waals surface area contributed by atoms with Gasteiger partial charge in [0.05, 0.1) is 5.97 Å². The van der Waals surface area contributed by atoms with Crippen molar-refractivity contribution in [2.45, 2.75) is 19.1 Å². The topological polar surface area (TPSA) is 133 Å². The number of thioether (sulfide) groups is 1. The zero-order valence-electron chi connectivity index (χ0n) is 11.9. The summed E-state index contributed by atoms with van der Waals surface area (Å²) in [6.07, 6.45) is -1.55. The summed E-state index contributed by atoms with van der Waals surface area (Å²) >= 11 is 0.411. The summed E-state index contributed by atoms with van der Waals surface area (Å²) < 4.78 is 4.85. The van der Waals surface area contributed by atoms with Crippen molar-refractivity contribution in [1.29, 1.82) is 0 Å². The van der Waals surface area contributed by atoms with Crippen LogP contribution in [0.4, 0.5) is 4.79 Å². The molecule has 0 aromatic heterocycles. The van der Waals surface area contributed by atoms with Gasteiger partial charge in [-0.15, -0.1) is 0 Å². The summed E-state index contributed by atoms with van der Waals surface area (Å²) in [5, 5.41) is 20.6. The molecule has 0 spiro atoms. The Labute approximate surface area is 135 Å². The van der Waals surface area contributed by atoms with Gasteiger partial charge in [-0.1, -0.05) is 42.1 Å². The van der Waals surface area contributed by atoms with Crippen LogP contribution in [-0.2, 0) is 25.7 Å². The lowest BCUT2D eigenvalue weighted by atomic mass is 10.2. The van der Waals surface area contributed by atoms with Gasteiger partial charge < -0.3 is 25.1 Å². The number of alkyl carbamates (subject to hydrolysis) is 1. The monoisotopic (exact) mass is 340 g/mol. The molecule has 1 atom stereocenters. The molecule has 0 fully saturated rings. The first kappa shape index (κ1) is 18.5. The van der Waals surface area contributed by atoms with Gasteiger partial charge in [-0.2, -0.15) is 0 Å². The lowest BCUT2D eigenvalue weighted by Gasteiger charge is -2.14. The maximum Gasteiger partial charge on any atom is 0.408 e. The van der Waals surface area contributed by atoms with E-state index in [0.717, 1.165) is 5.56 Å². The minimum absolute atomic E-state index is 0.0492. The Hall–Kier alpha value is -2.55. The van der Waals surface area contributed by atoms with E-state index in [4.69, 9.17) is 9.84 Å². The van der Waals surface area contributed by atoms with Crippen molar-refractivity contribution in [3.05, 3.63) is 35.9 Å². The van der Waals surface area contributed by atoms with E-state index in [2.05, 4.69) is 0 Å². The molecule has 1 aromatic carbocycles. The van der Waals surface area contributed by atoms with Gasteiger partial charge in [-0.25, -0.2) is 9.59 Å². The van der Waals surface area contributed by atoms with Gasteiger partial charge in [0.25, 0.3) is 0 Å². The Morgan fingerprint density at radius 3 is 2.43 bits per heavy atom. The molecule has 0 radical (unpaired) electrons. The third-order valence-corrected chi connectivity index (χ3v) is 3.39. The highest BCUT2D eigenvalue weighted by Crippen LogP contribution is 2.08. The van der Waals surface area contributed by atoms with E-state index < -0.39 is 41.4 Å². The number of carbonyl (C=O) groups is 4. The number of amides is 1. The van der Waals surface area contributed by atoms with Crippen LogP contribution >= 0.6 is 11.8 Å². The van der Waals surface area contributed by atoms with Crippen LogP contribution < -0.4 is 10.4 Å². The van der Waals surface area contributed by atoms with Crippen LogP contribution in [0.5, 0.6) is 0 Å². The van der Waals surface area contributed by atoms with E-state index in [1.807, 2.05) is 5.32 Å². The first-order valence-corrected chi connectivity index (χ1v) is 7.42. The maximum atomic E-state index is 11.6. The van der Waals surface area contributed by atoms with Crippen LogP contribution in [0.25, 0.3) is 0 Å². The van der Waals surface area contributed by atoms with Crippen LogP contribution in [-0.4, -0.2) is 40.0 Å². The Kier molecular flexibility index (Phi) is 7.61. The third kappa shape index (κ3) is 7.86. The van der Waals surface area contributed by atoms with Gasteiger partial charge >= 0.3 is 12.1 Å². The standard InChI is InChI=1S/C14H15NO7S/c16-11(17)8-23-12(18)6-10(13(19)20)15-14(21)22-7-9-4-2-1-3-5-9/h1-5,10H,6-8H2,(H,15,21)(H,16,17)(H,19,20)/p-1. The number of carboxylic acids is 2. The Morgan fingerprint density at radius 2 is 1.87 bits per heavy atom. The van der Waals surface area contributed by atoms with E-state index in [9.17, 15) is 24.3 Å². The molecule has 9 heteroatoms. The molecule has 1 aromatic rings. The molecular weight excluding hydrogens is 326 g/mol. The molecule has 1 rings (SSSR count). The van der Waals surface area contributed by atoms with Crippen molar-refractivity contribution >= 4 is 34.9 Å². The Morgan fingerprint density at radius 1 is 1.22 bits per heavy atom. The van der Waals surface area contributed by atoms with E-state index in [0.29, 0.717) is 11.8 Å². The predicted molar refractivity (Wildman–Crippen MR) is 78.3 cm³/mol. The van der Waals surface area contributed by atoms with Crippen molar-refractivity contribution < 1.29 is 34.1 Å². The fourth-order valence-corrected chi connectivity index (χ4v) is 2.04. The second-order valence-electron chi connectivity index (χ2n) is 4.33. The van der Waals surface area contributed by atoms with Crippen molar-refractivity contribution in [3.8, 4) is 0 Å². The second-order valence-corrected chi connectivity index (χ2v) is 5.37. The molecule has 0 bridgehead atoms. The average Bonchev–Trinajstić information content (AvgIpc) is 2.51. The molecule has 0 saturated heterocycles. The SMILES string of the molecule is O=C([O-])CSC(=O)CC(NC(=O)OCc1ccccc1)C(=O)O. The van der Waals surface area contributed by atoms with Gasteiger partial charge in [0.1, 0.15) is 12.6 Å². The number of nitrogens with one attached hydrogen (secondary N) is 1. The highest BCUT2D eigenvalue weighted by molar-refractivity contribution is 8.14. The maximum absolute atomic E-state index is 11.6. The minimum atomic E-state index is -1.50. The summed E-state index contributed by atoms with van der Waals surface area (Å²) in [5.74, 6) is -3.45. The molecule has 8 nitrogen and oxygen atoms in total. The van der Waals surface area contributed by atoms with E-state index in [-0.39, 0.29) is 6.61 Å². The molecule has 0 saturated carbocycles. The van der Waals surface area contributed by atoms with Crippen molar-refractivity contribution in [1.82, 2.24) is 5.32 Å². The second kappa shape index (κ2) is 9.46. The van der Waals surface area contributed by atoms with E-state index >= 15 is 0 Å². The Balaban J connectivity index is 2.45. The summed E-state index contributed by atoms with van der Waals surface area (Å²) in [7, 11) is 0. The van der Waals surface area contributed by atoms with Gasteiger partial charge in [0, 0.05) is 12.2 Å². The predicted octanol–water partition coefficient (Wildman–Crippen LogP) is -0.234. The highest BCUT2D eigenvalue weighted by Gasteiger charge is 2.24. The number of rotatable bonds is 8. The molecule has 1 unspecified atom stereocenters. The summed E-state index contributed by atoms with van der Waals surface area (Å²) in [4.78, 5) is 44.3. The van der Waals surface area contributed by atoms with Crippen LogP contribution in [0.2, 0.25) is 0 Å². The first-order chi connectivity index (χ1) is 10.9. The molecule has 23 heavy (non-hydrogen) atoms. The molecule has 0 aliphatic carbocycles. The number of hydrogen-bond donors (Lipinski definition) is 2. The summed E-state index contributed by atoms with van der Waals surface area (Å²) in [6, 6.07) is 7.25. The van der Waals surface area contributed by atoms with Crippen LogP contribution in [0.15, 0.2) is 30.3 Å². The number of ether oxygens (including phenoxy) is 1. The van der Waals surface area contributed by atoms with Gasteiger partial charge in [0.2, 0.25) is 0 Å². The number of carboxylic acid groups (broad SMARTS) is 2. The largest absolute Gasteiger partial charge is 0.549 e. The Bertz CT molecular complexity index is 576. The van der Waals surface area contributed by atoms with E-state index in [1.54, 1.807) is 30.3 Å². The zero-order chi connectivity index (χ0) is 17.2.